The van der Waals surface area contributed by atoms with Crippen molar-refractivity contribution < 1.29 is 0 Å². The lowest BCUT2D eigenvalue weighted by Gasteiger charge is -2.26. The largest absolute Gasteiger partial charge is 0.391 e. The summed E-state index contributed by atoms with van der Waals surface area (Å²) in [7, 11) is 0. The van der Waals surface area contributed by atoms with Gasteiger partial charge in [-0.2, -0.15) is 0 Å². The summed E-state index contributed by atoms with van der Waals surface area (Å²) < 4.78 is 0. The Morgan fingerprint density at radius 1 is 1.59 bits per heavy atom. The molecule has 1 aliphatic heterocycles. The molecule has 1 unspecified atom stereocenters. The zero-order valence-electron chi connectivity index (χ0n) is 9.85. The summed E-state index contributed by atoms with van der Waals surface area (Å²) >= 11 is 0. The van der Waals surface area contributed by atoms with E-state index < -0.39 is 0 Å². The second kappa shape index (κ2) is 5.18. The maximum Gasteiger partial charge on any atom is 0.276 e. The molecule has 0 aliphatic carbocycles. The Kier molecular flexibility index (Phi) is 3.63. The van der Waals surface area contributed by atoms with Crippen molar-refractivity contribution in [3.05, 3.63) is 16.7 Å². The summed E-state index contributed by atoms with van der Waals surface area (Å²) in [5.41, 5.74) is 11.3. The summed E-state index contributed by atoms with van der Waals surface area (Å²) in [5.74, 6) is 0.619. The summed E-state index contributed by atoms with van der Waals surface area (Å²) in [6.45, 7) is 1.61. The van der Waals surface area contributed by atoms with Crippen LogP contribution in [0.3, 0.4) is 0 Å². The normalized spacial score (nSPS) is 19.8. The van der Waals surface area contributed by atoms with Crippen LogP contribution in [0.4, 0.5) is 11.5 Å². The van der Waals surface area contributed by atoms with Crippen molar-refractivity contribution in [3.8, 4) is 0 Å². The summed E-state index contributed by atoms with van der Waals surface area (Å²) in [6, 6.07) is 0.412. The zero-order chi connectivity index (χ0) is 12.3. The summed E-state index contributed by atoms with van der Waals surface area (Å²) in [4.78, 5) is 20.3. The standard InChI is InChI=1S/C11H19N5O/c12-5-1-3-8-4-2-6-16(8)10-9(13)11(17)15-7-14-10/h7-8H,1-6,12-13H2,(H,14,15,17). The Labute approximate surface area is 100 Å². The van der Waals surface area contributed by atoms with E-state index in [0.717, 1.165) is 32.2 Å². The van der Waals surface area contributed by atoms with E-state index in [1.165, 1.54) is 6.33 Å². The van der Waals surface area contributed by atoms with Gasteiger partial charge in [-0.3, -0.25) is 4.79 Å². The Bertz CT molecular complexity index is 430. The molecule has 1 aromatic rings. The van der Waals surface area contributed by atoms with Crippen molar-refractivity contribution in [1.82, 2.24) is 9.97 Å². The van der Waals surface area contributed by atoms with Crippen LogP contribution in [0.25, 0.3) is 0 Å². The SMILES string of the molecule is NCCCC1CCCN1c1nc[nH]c(=O)c1N. The van der Waals surface area contributed by atoms with Crippen LogP contribution in [0.2, 0.25) is 0 Å². The molecule has 6 heteroatoms. The van der Waals surface area contributed by atoms with E-state index in [1.807, 2.05) is 0 Å². The van der Waals surface area contributed by atoms with E-state index >= 15 is 0 Å². The third kappa shape index (κ3) is 2.41. The molecule has 17 heavy (non-hydrogen) atoms. The van der Waals surface area contributed by atoms with E-state index in [4.69, 9.17) is 11.5 Å². The molecule has 5 N–H and O–H groups in total. The Hall–Kier alpha value is -1.56. The van der Waals surface area contributed by atoms with Crippen molar-refractivity contribution in [2.75, 3.05) is 23.7 Å². The number of H-pyrrole nitrogens is 1. The van der Waals surface area contributed by atoms with Gasteiger partial charge in [0, 0.05) is 12.6 Å². The van der Waals surface area contributed by atoms with Gasteiger partial charge < -0.3 is 21.4 Å². The molecule has 1 saturated heterocycles. The first-order chi connectivity index (χ1) is 8.24. The molecule has 0 bridgehead atoms. The van der Waals surface area contributed by atoms with Crippen LogP contribution in [0.15, 0.2) is 11.1 Å². The van der Waals surface area contributed by atoms with Crippen LogP contribution in [-0.4, -0.2) is 29.1 Å². The van der Waals surface area contributed by atoms with Crippen molar-refractivity contribution in [2.45, 2.75) is 31.7 Å². The molecule has 6 nitrogen and oxygen atoms in total. The van der Waals surface area contributed by atoms with Crippen molar-refractivity contribution in [1.29, 1.82) is 0 Å². The quantitative estimate of drug-likeness (QED) is 0.687. The molecule has 0 radical (unpaired) electrons. The number of rotatable bonds is 4. The highest BCUT2D eigenvalue weighted by molar-refractivity contribution is 5.61. The van der Waals surface area contributed by atoms with Crippen LogP contribution in [0.5, 0.6) is 0 Å². The fraction of sp³-hybridized carbons (Fsp3) is 0.636. The molecular formula is C11H19N5O. The highest BCUT2D eigenvalue weighted by Crippen LogP contribution is 2.28. The first kappa shape index (κ1) is 11.9. The molecule has 1 aliphatic rings. The van der Waals surface area contributed by atoms with Gasteiger partial charge in [0.15, 0.2) is 5.82 Å². The number of hydrogen-bond donors (Lipinski definition) is 3. The number of nitrogen functional groups attached to an aromatic ring is 1. The number of anilines is 2. The first-order valence-electron chi connectivity index (χ1n) is 6.04. The van der Waals surface area contributed by atoms with Gasteiger partial charge in [-0.25, -0.2) is 4.98 Å². The fourth-order valence-electron chi connectivity index (χ4n) is 2.40. The minimum Gasteiger partial charge on any atom is -0.391 e. The van der Waals surface area contributed by atoms with Crippen LogP contribution < -0.4 is 21.9 Å². The summed E-state index contributed by atoms with van der Waals surface area (Å²) in [5, 5.41) is 0. The van der Waals surface area contributed by atoms with Gasteiger partial charge in [-0.15, -0.1) is 0 Å². The monoisotopic (exact) mass is 237 g/mol. The van der Waals surface area contributed by atoms with E-state index in [2.05, 4.69) is 14.9 Å². The number of hydrogen-bond acceptors (Lipinski definition) is 5. The molecule has 0 aromatic carbocycles. The summed E-state index contributed by atoms with van der Waals surface area (Å²) in [6.07, 6.45) is 5.66. The molecule has 1 aromatic heterocycles. The van der Waals surface area contributed by atoms with Gasteiger partial charge in [0.2, 0.25) is 0 Å². The van der Waals surface area contributed by atoms with Crippen LogP contribution in [0, 0.1) is 0 Å². The minimum atomic E-state index is -0.264. The Morgan fingerprint density at radius 3 is 3.18 bits per heavy atom. The van der Waals surface area contributed by atoms with Crippen molar-refractivity contribution >= 4 is 11.5 Å². The van der Waals surface area contributed by atoms with Crippen LogP contribution in [0.1, 0.15) is 25.7 Å². The lowest BCUT2D eigenvalue weighted by Crippen LogP contribution is -2.32. The predicted octanol–water partition coefficient (Wildman–Crippen LogP) is 0.0598. The van der Waals surface area contributed by atoms with Gasteiger partial charge in [-0.1, -0.05) is 0 Å². The first-order valence-corrected chi connectivity index (χ1v) is 6.04. The predicted molar refractivity (Wildman–Crippen MR) is 67.9 cm³/mol. The lowest BCUT2D eigenvalue weighted by atomic mass is 10.1. The molecule has 1 fully saturated rings. The average Bonchev–Trinajstić information content (AvgIpc) is 2.78. The molecule has 94 valence electrons. The maximum absolute atomic E-state index is 11.5. The fourth-order valence-corrected chi connectivity index (χ4v) is 2.40. The number of nitrogens with zero attached hydrogens (tertiary/aromatic N) is 2. The maximum atomic E-state index is 11.5. The van der Waals surface area contributed by atoms with E-state index in [9.17, 15) is 4.79 Å². The molecule has 2 heterocycles. The number of aromatic amines is 1. The van der Waals surface area contributed by atoms with Gasteiger partial charge in [0.1, 0.15) is 5.69 Å². The van der Waals surface area contributed by atoms with E-state index in [1.54, 1.807) is 0 Å². The molecule has 0 saturated carbocycles. The third-order valence-corrected chi connectivity index (χ3v) is 3.26. The smallest absolute Gasteiger partial charge is 0.276 e. The highest BCUT2D eigenvalue weighted by atomic mass is 16.1. The average molecular weight is 237 g/mol. The van der Waals surface area contributed by atoms with Gasteiger partial charge in [0.05, 0.1) is 6.33 Å². The Morgan fingerprint density at radius 2 is 2.41 bits per heavy atom. The molecular weight excluding hydrogens is 218 g/mol. The number of nitrogens with one attached hydrogen (secondary N) is 1. The van der Waals surface area contributed by atoms with Gasteiger partial charge in [0.25, 0.3) is 5.56 Å². The van der Waals surface area contributed by atoms with E-state index in [-0.39, 0.29) is 11.2 Å². The lowest BCUT2D eigenvalue weighted by molar-refractivity contribution is 0.582. The molecule has 2 rings (SSSR count). The highest BCUT2D eigenvalue weighted by Gasteiger charge is 2.27. The van der Waals surface area contributed by atoms with Crippen LogP contribution in [-0.2, 0) is 0 Å². The van der Waals surface area contributed by atoms with Crippen molar-refractivity contribution in [3.63, 3.8) is 0 Å². The minimum absolute atomic E-state index is 0.215. The molecule has 1 atom stereocenters. The second-order valence-corrected chi connectivity index (χ2v) is 4.39. The van der Waals surface area contributed by atoms with Gasteiger partial charge >= 0.3 is 0 Å². The zero-order valence-corrected chi connectivity index (χ0v) is 9.85. The number of nitrogens with two attached hydrogens (primary N) is 2. The van der Waals surface area contributed by atoms with Crippen molar-refractivity contribution in [2.24, 2.45) is 5.73 Å². The number of aromatic nitrogens is 2. The van der Waals surface area contributed by atoms with Gasteiger partial charge in [-0.05, 0) is 32.2 Å². The molecule has 0 spiro atoms. The molecule has 0 amide bonds. The second-order valence-electron chi connectivity index (χ2n) is 4.39. The van der Waals surface area contributed by atoms with E-state index in [0.29, 0.717) is 18.4 Å². The van der Waals surface area contributed by atoms with Crippen LogP contribution >= 0.6 is 0 Å². The topological polar surface area (TPSA) is 101 Å². The third-order valence-electron chi connectivity index (χ3n) is 3.26. The Balaban J connectivity index is 2.20.